The van der Waals surface area contributed by atoms with E-state index in [1.165, 1.54) is 7.11 Å². The normalized spacial score (nSPS) is 12.4. The monoisotopic (exact) mass is 323 g/mol. The van der Waals surface area contributed by atoms with Crippen molar-refractivity contribution in [2.75, 3.05) is 7.11 Å². The molecule has 128 valence electrons. The quantitative estimate of drug-likeness (QED) is 0.832. The van der Waals surface area contributed by atoms with E-state index in [1.807, 2.05) is 13.8 Å². The molecule has 1 atom stereocenters. The third-order valence-electron chi connectivity index (χ3n) is 3.27. The molecule has 0 heterocycles. The van der Waals surface area contributed by atoms with Gasteiger partial charge in [0.15, 0.2) is 0 Å². The first kappa shape index (κ1) is 18.8. The molecule has 0 aliphatic rings. The number of benzene rings is 1. The van der Waals surface area contributed by atoms with Crippen molar-refractivity contribution in [2.45, 2.75) is 52.7 Å². The molecule has 2 N–H and O–H groups in total. The first-order valence-electron chi connectivity index (χ1n) is 7.40. The van der Waals surface area contributed by atoms with Gasteiger partial charge in [0.25, 0.3) is 0 Å². The highest BCUT2D eigenvalue weighted by Gasteiger charge is 2.26. The SMILES string of the molecule is COC(=O)[C@H](Cc1c(C)cc(O)cc1C)NC(=O)OC(C)(C)C. The van der Waals surface area contributed by atoms with Crippen LogP contribution in [0.15, 0.2) is 12.1 Å². The van der Waals surface area contributed by atoms with Gasteiger partial charge in [-0.3, -0.25) is 0 Å². The van der Waals surface area contributed by atoms with Crippen molar-refractivity contribution in [1.82, 2.24) is 5.32 Å². The summed E-state index contributed by atoms with van der Waals surface area (Å²) >= 11 is 0. The summed E-state index contributed by atoms with van der Waals surface area (Å²) in [5.41, 5.74) is 1.88. The summed E-state index contributed by atoms with van der Waals surface area (Å²) in [5, 5.41) is 12.1. The van der Waals surface area contributed by atoms with E-state index in [4.69, 9.17) is 9.47 Å². The molecular weight excluding hydrogens is 298 g/mol. The highest BCUT2D eigenvalue weighted by molar-refractivity contribution is 5.81. The molecule has 1 aromatic carbocycles. The summed E-state index contributed by atoms with van der Waals surface area (Å²) in [5.74, 6) is -0.388. The number of methoxy groups -OCH3 is 1. The molecule has 0 bridgehead atoms. The average molecular weight is 323 g/mol. The topological polar surface area (TPSA) is 84.9 Å². The first-order valence-corrected chi connectivity index (χ1v) is 7.40. The minimum atomic E-state index is -0.864. The molecular formula is C17H25NO5. The number of rotatable bonds is 4. The molecule has 0 aliphatic heterocycles. The minimum Gasteiger partial charge on any atom is -0.508 e. The van der Waals surface area contributed by atoms with E-state index in [2.05, 4.69) is 5.32 Å². The Bertz CT molecular complexity index is 566. The molecule has 0 saturated carbocycles. The Kier molecular flexibility index (Phi) is 6.01. The fourth-order valence-corrected chi connectivity index (χ4v) is 2.28. The number of nitrogens with one attached hydrogen (secondary N) is 1. The molecule has 0 saturated heterocycles. The lowest BCUT2D eigenvalue weighted by atomic mass is 9.96. The molecule has 0 fully saturated rings. The standard InChI is InChI=1S/C17H25NO5/c1-10-7-12(19)8-11(2)13(10)9-14(15(20)22-6)18-16(21)23-17(3,4)5/h7-8,14,19H,9H2,1-6H3,(H,18,21)/t14-/m0/s1. The van der Waals surface area contributed by atoms with Gasteiger partial charge in [0, 0.05) is 6.42 Å². The number of carbonyl (C=O) groups is 2. The summed E-state index contributed by atoms with van der Waals surface area (Å²) < 4.78 is 9.94. The predicted molar refractivity (Wildman–Crippen MR) is 86.5 cm³/mol. The summed E-state index contributed by atoms with van der Waals surface area (Å²) in [4.78, 5) is 23.9. The number of aryl methyl sites for hydroxylation is 2. The first-order chi connectivity index (χ1) is 10.5. The van der Waals surface area contributed by atoms with Gasteiger partial charge in [-0.05, 0) is 63.4 Å². The van der Waals surface area contributed by atoms with Gasteiger partial charge in [-0.1, -0.05) is 0 Å². The van der Waals surface area contributed by atoms with Crippen LogP contribution in [0.25, 0.3) is 0 Å². The van der Waals surface area contributed by atoms with Crippen LogP contribution in [-0.2, 0) is 20.7 Å². The van der Waals surface area contributed by atoms with Crippen molar-refractivity contribution in [3.8, 4) is 5.75 Å². The molecule has 1 amide bonds. The zero-order valence-corrected chi connectivity index (χ0v) is 14.5. The number of amides is 1. The summed E-state index contributed by atoms with van der Waals surface area (Å²) in [6, 6.07) is 2.37. The van der Waals surface area contributed by atoms with E-state index in [1.54, 1.807) is 32.9 Å². The number of phenolic OH excluding ortho intramolecular Hbond substituents is 1. The smallest absolute Gasteiger partial charge is 0.408 e. The number of esters is 1. The minimum absolute atomic E-state index is 0.165. The van der Waals surface area contributed by atoms with Crippen LogP contribution in [0.5, 0.6) is 5.75 Å². The maximum atomic E-state index is 12.0. The summed E-state index contributed by atoms with van der Waals surface area (Å²) in [7, 11) is 1.27. The lowest BCUT2D eigenvalue weighted by Crippen LogP contribution is -2.45. The molecule has 23 heavy (non-hydrogen) atoms. The van der Waals surface area contributed by atoms with E-state index >= 15 is 0 Å². The van der Waals surface area contributed by atoms with E-state index < -0.39 is 23.7 Å². The number of phenols is 1. The van der Waals surface area contributed by atoms with Gasteiger partial charge in [-0.15, -0.1) is 0 Å². The third kappa shape index (κ3) is 5.81. The van der Waals surface area contributed by atoms with Gasteiger partial charge < -0.3 is 19.9 Å². The van der Waals surface area contributed by atoms with Crippen LogP contribution in [0.1, 0.15) is 37.5 Å². The number of hydrogen-bond donors (Lipinski definition) is 2. The Morgan fingerprint density at radius 3 is 2.17 bits per heavy atom. The van der Waals surface area contributed by atoms with Crippen molar-refractivity contribution in [3.63, 3.8) is 0 Å². The Morgan fingerprint density at radius 1 is 1.22 bits per heavy atom. The second-order valence-corrected chi connectivity index (χ2v) is 6.48. The van der Waals surface area contributed by atoms with Crippen molar-refractivity contribution >= 4 is 12.1 Å². The second-order valence-electron chi connectivity index (χ2n) is 6.48. The number of ether oxygens (including phenoxy) is 2. The van der Waals surface area contributed by atoms with E-state index in [0.717, 1.165) is 16.7 Å². The van der Waals surface area contributed by atoms with Gasteiger partial charge in [0.1, 0.15) is 17.4 Å². The van der Waals surface area contributed by atoms with Crippen molar-refractivity contribution in [1.29, 1.82) is 0 Å². The van der Waals surface area contributed by atoms with Gasteiger partial charge in [0.05, 0.1) is 7.11 Å². The zero-order valence-electron chi connectivity index (χ0n) is 14.5. The lowest BCUT2D eigenvalue weighted by molar-refractivity contribution is -0.143. The average Bonchev–Trinajstić information content (AvgIpc) is 2.38. The lowest BCUT2D eigenvalue weighted by Gasteiger charge is -2.23. The second kappa shape index (κ2) is 7.35. The van der Waals surface area contributed by atoms with Crippen LogP contribution >= 0.6 is 0 Å². The van der Waals surface area contributed by atoms with E-state index in [9.17, 15) is 14.7 Å². The maximum absolute atomic E-state index is 12.0. The molecule has 6 heteroatoms. The summed E-state index contributed by atoms with van der Waals surface area (Å²) in [6.45, 7) is 8.91. The molecule has 0 aliphatic carbocycles. The number of hydrogen-bond acceptors (Lipinski definition) is 5. The molecule has 0 radical (unpaired) electrons. The Morgan fingerprint density at radius 2 is 1.74 bits per heavy atom. The van der Waals surface area contributed by atoms with Crippen LogP contribution in [0.3, 0.4) is 0 Å². The van der Waals surface area contributed by atoms with Gasteiger partial charge in [0.2, 0.25) is 0 Å². The van der Waals surface area contributed by atoms with Crippen LogP contribution in [-0.4, -0.2) is 35.9 Å². The van der Waals surface area contributed by atoms with Gasteiger partial charge in [-0.25, -0.2) is 9.59 Å². The maximum Gasteiger partial charge on any atom is 0.408 e. The van der Waals surface area contributed by atoms with Gasteiger partial charge >= 0.3 is 12.1 Å². The fourth-order valence-electron chi connectivity index (χ4n) is 2.28. The van der Waals surface area contributed by atoms with Gasteiger partial charge in [-0.2, -0.15) is 0 Å². The molecule has 0 unspecified atom stereocenters. The molecule has 0 spiro atoms. The van der Waals surface area contributed by atoms with Crippen LogP contribution in [0, 0.1) is 13.8 Å². The zero-order chi connectivity index (χ0) is 17.8. The number of aromatic hydroxyl groups is 1. The van der Waals surface area contributed by atoms with E-state index in [0.29, 0.717) is 0 Å². The summed E-state index contributed by atoms with van der Waals surface area (Å²) in [6.07, 6.45) is -0.425. The van der Waals surface area contributed by atoms with Crippen molar-refractivity contribution in [2.24, 2.45) is 0 Å². The highest BCUT2D eigenvalue weighted by Crippen LogP contribution is 2.22. The Balaban J connectivity index is 2.97. The molecule has 0 aromatic heterocycles. The molecule has 1 rings (SSSR count). The fraction of sp³-hybridized carbons (Fsp3) is 0.529. The highest BCUT2D eigenvalue weighted by atomic mass is 16.6. The molecule has 1 aromatic rings. The van der Waals surface area contributed by atoms with Crippen molar-refractivity contribution < 1.29 is 24.2 Å². The van der Waals surface area contributed by atoms with E-state index in [-0.39, 0.29) is 12.2 Å². The third-order valence-corrected chi connectivity index (χ3v) is 3.27. The van der Waals surface area contributed by atoms with Crippen LogP contribution < -0.4 is 5.32 Å². The number of carbonyl (C=O) groups excluding carboxylic acids is 2. The van der Waals surface area contributed by atoms with Crippen LogP contribution in [0.4, 0.5) is 4.79 Å². The Labute approximate surface area is 136 Å². The Hall–Kier alpha value is -2.24. The molecule has 6 nitrogen and oxygen atoms in total. The predicted octanol–water partition coefficient (Wildman–Crippen LogP) is 2.62. The number of alkyl carbamates (subject to hydrolysis) is 1. The van der Waals surface area contributed by atoms with Crippen LogP contribution in [0.2, 0.25) is 0 Å². The largest absolute Gasteiger partial charge is 0.508 e. The van der Waals surface area contributed by atoms with Crippen molar-refractivity contribution in [3.05, 3.63) is 28.8 Å².